The smallest absolute Gasteiger partial charge is 0.387 e. The Morgan fingerprint density at radius 3 is 2.62 bits per heavy atom. The van der Waals surface area contributed by atoms with E-state index in [1.54, 1.807) is 31.2 Å². The van der Waals surface area contributed by atoms with Crippen LogP contribution in [-0.4, -0.2) is 22.8 Å². The number of carbonyl (C=O) groups is 1. The number of hydrogen-bond acceptors (Lipinski definition) is 4. The molecule has 1 amide bonds. The van der Waals surface area contributed by atoms with E-state index in [9.17, 15) is 18.4 Å². The second kappa shape index (κ2) is 9.45. The van der Waals surface area contributed by atoms with Crippen LogP contribution >= 0.6 is 0 Å². The molecule has 1 N–H and O–H groups in total. The number of benzene rings is 1. The van der Waals surface area contributed by atoms with E-state index in [-0.39, 0.29) is 17.9 Å². The van der Waals surface area contributed by atoms with Crippen molar-refractivity contribution in [2.45, 2.75) is 32.9 Å². The number of amides is 1. The van der Waals surface area contributed by atoms with Crippen molar-refractivity contribution in [3.8, 4) is 5.75 Å². The first-order valence-electron chi connectivity index (χ1n) is 7.95. The van der Waals surface area contributed by atoms with Gasteiger partial charge in [0.2, 0.25) is 0 Å². The molecule has 0 aliphatic heterocycles. The first-order valence-corrected chi connectivity index (χ1v) is 7.95. The maximum absolute atomic E-state index is 12.1. The van der Waals surface area contributed by atoms with Crippen LogP contribution in [-0.2, 0) is 17.8 Å². The highest BCUT2D eigenvalue weighted by Gasteiger charge is 2.05. The summed E-state index contributed by atoms with van der Waals surface area (Å²) in [4.78, 5) is 23.3. The highest BCUT2D eigenvalue weighted by atomic mass is 19.3. The van der Waals surface area contributed by atoms with Gasteiger partial charge in [0.05, 0.1) is 0 Å². The van der Waals surface area contributed by atoms with Crippen LogP contribution in [0.1, 0.15) is 18.9 Å². The van der Waals surface area contributed by atoms with Crippen LogP contribution in [0.15, 0.2) is 58.6 Å². The van der Waals surface area contributed by atoms with E-state index >= 15 is 0 Å². The van der Waals surface area contributed by atoms with Gasteiger partial charge in [-0.3, -0.25) is 9.59 Å². The zero-order valence-electron chi connectivity index (χ0n) is 14.2. The summed E-state index contributed by atoms with van der Waals surface area (Å²) >= 11 is 0. The fraction of sp³-hybridized carbons (Fsp3) is 0.278. The minimum Gasteiger partial charge on any atom is -0.435 e. The molecule has 2 rings (SSSR count). The molecule has 0 fully saturated rings. The lowest BCUT2D eigenvalue weighted by Gasteiger charge is -2.06. The second-order valence-electron chi connectivity index (χ2n) is 5.57. The van der Waals surface area contributed by atoms with Crippen molar-refractivity contribution < 1.29 is 18.3 Å². The Balaban J connectivity index is 1.80. The number of halogens is 2. The maximum Gasteiger partial charge on any atom is 0.387 e. The van der Waals surface area contributed by atoms with E-state index in [1.165, 1.54) is 29.0 Å². The molecule has 1 aromatic carbocycles. The van der Waals surface area contributed by atoms with Crippen molar-refractivity contribution in [2.24, 2.45) is 5.10 Å². The summed E-state index contributed by atoms with van der Waals surface area (Å²) in [5, 5.41) is 4.00. The summed E-state index contributed by atoms with van der Waals surface area (Å²) in [5.74, 6) is -0.288. The van der Waals surface area contributed by atoms with Gasteiger partial charge in [-0.05, 0) is 43.5 Å². The molecule has 0 bridgehead atoms. The number of aromatic nitrogens is 1. The minimum atomic E-state index is -2.84. The lowest BCUT2D eigenvalue weighted by Crippen LogP contribution is -2.29. The monoisotopic (exact) mass is 363 g/mol. The molecule has 1 heterocycles. The Hall–Kier alpha value is -3.03. The quantitative estimate of drug-likeness (QED) is 0.579. The Labute approximate surface area is 149 Å². The molecule has 26 heavy (non-hydrogen) atoms. The standard InChI is InChI=1S/C18H19F2N3O3/c1-13(5-6-14-7-9-15(10-8-14)26-18(19)20)21-22-16(24)12-23-11-3-2-4-17(23)25/h2-4,7-11,18H,5-6,12H2,1H3,(H,22,24)/b21-13-. The Morgan fingerprint density at radius 1 is 1.23 bits per heavy atom. The number of aryl methyl sites for hydroxylation is 1. The fourth-order valence-electron chi connectivity index (χ4n) is 2.16. The van der Waals surface area contributed by atoms with Crippen LogP contribution in [0, 0.1) is 0 Å². The van der Waals surface area contributed by atoms with Crippen molar-refractivity contribution in [3.63, 3.8) is 0 Å². The van der Waals surface area contributed by atoms with Gasteiger partial charge >= 0.3 is 6.61 Å². The zero-order chi connectivity index (χ0) is 18.9. The summed E-state index contributed by atoms with van der Waals surface area (Å²) in [6.45, 7) is -1.18. The van der Waals surface area contributed by atoms with Gasteiger partial charge in [0.1, 0.15) is 12.3 Å². The number of nitrogens with zero attached hydrogens (tertiary/aromatic N) is 2. The van der Waals surface area contributed by atoms with E-state index in [0.717, 1.165) is 5.56 Å². The molecule has 0 atom stereocenters. The summed E-state index contributed by atoms with van der Waals surface area (Å²) in [6, 6.07) is 11.0. The maximum atomic E-state index is 12.1. The summed E-state index contributed by atoms with van der Waals surface area (Å²) in [6.07, 6.45) is 2.75. The molecule has 2 aromatic rings. The van der Waals surface area contributed by atoms with Gasteiger partial charge in [0.25, 0.3) is 11.5 Å². The molecule has 0 radical (unpaired) electrons. The summed E-state index contributed by atoms with van der Waals surface area (Å²) in [7, 11) is 0. The van der Waals surface area contributed by atoms with Crippen LogP contribution in [0.2, 0.25) is 0 Å². The first-order chi connectivity index (χ1) is 12.4. The molecule has 8 heteroatoms. The highest BCUT2D eigenvalue weighted by Crippen LogP contribution is 2.15. The molecule has 0 saturated heterocycles. The number of carbonyl (C=O) groups excluding carboxylic acids is 1. The number of ether oxygens (including phenoxy) is 1. The van der Waals surface area contributed by atoms with Gasteiger partial charge in [-0.2, -0.15) is 13.9 Å². The van der Waals surface area contributed by atoms with E-state index in [1.807, 2.05) is 0 Å². The third kappa shape index (κ3) is 6.46. The number of pyridine rings is 1. The predicted molar refractivity (Wildman–Crippen MR) is 93.3 cm³/mol. The predicted octanol–water partition coefficient (Wildman–Crippen LogP) is 2.57. The molecule has 0 spiro atoms. The van der Waals surface area contributed by atoms with E-state index in [4.69, 9.17) is 0 Å². The number of hydrazone groups is 1. The van der Waals surface area contributed by atoms with Gasteiger partial charge in [-0.25, -0.2) is 5.43 Å². The third-order valence-electron chi connectivity index (χ3n) is 3.51. The molecular weight excluding hydrogens is 344 g/mol. The van der Waals surface area contributed by atoms with Crippen LogP contribution in [0.5, 0.6) is 5.75 Å². The van der Waals surface area contributed by atoms with Crippen molar-refractivity contribution in [3.05, 3.63) is 64.6 Å². The summed E-state index contributed by atoms with van der Waals surface area (Å²) < 4.78 is 29.8. The molecule has 0 aliphatic rings. The molecule has 1 aromatic heterocycles. The largest absolute Gasteiger partial charge is 0.435 e. The molecule has 138 valence electrons. The SMILES string of the molecule is C/C(CCc1ccc(OC(F)F)cc1)=N/NC(=O)Cn1ccccc1=O. The number of rotatable bonds is 8. The van der Waals surface area contributed by atoms with Gasteiger partial charge in [-0.15, -0.1) is 0 Å². The van der Waals surface area contributed by atoms with Crippen molar-refractivity contribution in [1.82, 2.24) is 9.99 Å². The topological polar surface area (TPSA) is 72.7 Å². The van der Waals surface area contributed by atoms with E-state index < -0.39 is 12.5 Å². The van der Waals surface area contributed by atoms with E-state index in [2.05, 4.69) is 15.3 Å². The summed E-state index contributed by atoms with van der Waals surface area (Å²) in [5.41, 5.74) is 3.78. The average Bonchev–Trinajstić information content (AvgIpc) is 2.61. The Bertz CT molecular complexity index is 817. The molecule has 0 unspecified atom stereocenters. The molecule has 0 aliphatic carbocycles. The fourth-order valence-corrected chi connectivity index (χ4v) is 2.16. The van der Waals surface area contributed by atoms with Crippen LogP contribution in [0.4, 0.5) is 8.78 Å². The normalized spacial score (nSPS) is 11.5. The van der Waals surface area contributed by atoms with Crippen LogP contribution in [0.25, 0.3) is 0 Å². The number of nitrogens with one attached hydrogen (secondary N) is 1. The Kier molecular flexibility index (Phi) is 7.02. The van der Waals surface area contributed by atoms with Crippen molar-refractivity contribution in [2.75, 3.05) is 0 Å². The third-order valence-corrected chi connectivity index (χ3v) is 3.51. The Morgan fingerprint density at radius 2 is 1.96 bits per heavy atom. The molecular formula is C18H19F2N3O3. The minimum absolute atomic E-state index is 0.109. The lowest BCUT2D eigenvalue weighted by atomic mass is 10.1. The van der Waals surface area contributed by atoms with Gasteiger partial charge < -0.3 is 9.30 Å². The second-order valence-corrected chi connectivity index (χ2v) is 5.57. The molecule has 0 saturated carbocycles. The average molecular weight is 363 g/mol. The highest BCUT2D eigenvalue weighted by molar-refractivity contribution is 5.84. The van der Waals surface area contributed by atoms with Gasteiger partial charge in [0, 0.05) is 18.0 Å². The lowest BCUT2D eigenvalue weighted by molar-refractivity contribution is -0.121. The van der Waals surface area contributed by atoms with Crippen molar-refractivity contribution in [1.29, 1.82) is 0 Å². The van der Waals surface area contributed by atoms with E-state index in [0.29, 0.717) is 18.6 Å². The zero-order valence-corrected chi connectivity index (χ0v) is 14.2. The molecule has 6 nitrogen and oxygen atoms in total. The number of hydrogen-bond donors (Lipinski definition) is 1. The van der Waals surface area contributed by atoms with Crippen molar-refractivity contribution >= 4 is 11.6 Å². The van der Waals surface area contributed by atoms with Crippen LogP contribution in [0.3, 0.4) is 0 Å². The van der Waals surface area contributed by atoms with Crippen LogP contribution < -0.4 is 15.7 Å². The first kappa shape index (κ1) is 19.3. The number of alkyl halides is 2. The van der Waals surface area contributed by atoms with Gasteiger partial charge in [-0.1, -0.05) is 18.2 Å². The van der Waals surface area contributed by atoms with Gasteiger partial charge in [0.15, 0.2) is 0 Å².